The number of aliphatic carboxylic acids is 1. The molecule has 1 amide bonds. The highest BCUT2D eigenvalue weighted by Gasteiger charge is 2.36. The molecule has 3 rings (SSSR count). The minimum Gasteiger partial charge on any atom is -0.480 e. The second-order valence-electron chi connectivity index (χ2n) is 6.51. The second-order valence-corrected chi connectivity index (χ2v) is 6.51. The van der Waals surface area contributed by atoms with Crippen molar-refractivity contribution in [2.45, 2.75) is 12.7 Å². The van der Waals surface area contributed by atoms with E-state index in [1.165, 1.54) is 18.2 Å². The maximum atomic E-state index is 13.0. The third-order valence-electron chi connectivity index (χ3n) is 4.47. The molecule has 0 spiro atoms. The lowest BCUT2D eigenvalue weighted by atomic mass is 10.1. The molecule has 0 saturated carbocycles. The predicted molar refractivity (Wildman–Crippen MR) is 86.3 cm³/mol. The van der Waals surface area contributed by atoms with Crippen molar-refractivity contribution in [3.63, 3.8) is 0 Å². The van der Waals surface area contributed by atoms with Crippen molar-refractivity contribution in [1.82, 2.24) is 9.80 Å². The highest BCUT2D eigenvalue weighted by atomic mass is 19.3. The van der Waals surface area contributed by atoms with Crippen LogP contribution in [0.2, 0.25) is 0 Å². The lowest BCUT2D eigenvalue weighted by Crippen LogP contribution is -2.47. The van der Waals surface area contributed by atoms with Crippen molar-refractivity contribution in [1.29, 1.82) is 0 Å². The quantitative estimate of drug-likeness (QED) is 0.838. The number of nitrogens with zero attached hydrogens (tertiary/aromatic N) is 2. The van der Waals surface area contributed by atoms with Crippen LogP contribution in [0, 0.1) is 5.92 Å². The first-order valence-electron chi connectivity index (χ1n) is 8.30. The van der Waals surface area contributed by atoms with Gasteiger partial charge in [-0.3, -0.25) is 14.5 Å². The molecule has 2 bridgehead atoms. The lowest BCUT2D eigenvalue weighted by molar-refractivity contribution is -0.138. The number of hydrogen-bond acceptors (Lipinski definition) is 5. The SMILES string of the molecule is O=C(O)CN1C[C@@H]2COC[C@H](C1)N(C(=O)c1cccc(OC(F)F)c1)C2. The van der Waals surface area contributed by atoms with Crippen LogP contribution in [0.3, 0.4) is 0 Å². The van der Waals surface area contributed by atoms with Crippen LogP contribution in [0.15, 0.2) is 24.3 Å². The molecule has 2 heterocycles. The van der Waals surface area contributed by atoms with Gasteiger partial charge in [-0.15, -0.1) is 0 Å². The van der Waals surface area contributed by atoms with Gasteiger partial charge in [0, 0.05) is 31.1 Å². The fraction of sp³-hybridized carbons (Fsp3) is 0.529. The summed E-state index contributed by atoms with van der Waals surface area (Å²) in [6.07, 6.45) is 0. The molecule has 2 fully saturated rings. The zero-order valence-electron chi connectivity index (χ0n) is 14.0. The van der Waals surface area contributed by atoms with Crippen molar-refractivity contribution >= 4 is 11.9 Å². The molecule has 0 radical (unpaired) electrons. The second kappa shape index (κ2) is 7.96. The van der Waals surface area contributed by atoms with Crippen LogP contribution >= 0.6 is 0 Å². The van der Waals surface area contributed by atoms with Crippen LogP contribution in [-0.2, 0) is 9.53 Å². The molecule has 2 saturated heterocycles. The maximum absolute atomic E-state index is 13.0. The van der Waals surface area contributed by atoms with Gasteiger partial charge in [0.25, 0.3) is 5.91 Å². The topological polar surface area (TPSA) is 79.3 Å². The number of fused-ring (bicyclic) bond motifs is 3. The van der Waals surface area contributed by atoms with Crippen molar-refractivity contribution < 1.29 is 33.0 Å². The number of carbonyl (C=O) groups is 2. The lowest BCUT2D eigenvalue weighted by Gasteiger charge is -2.30. The molecule has 2 aliphatic rings. The van der Waals surface area contributed by atoms with E-state index in [1.807, 2.05) is 4.90 Å². The summed E-state index contributed by atoms with van der Waals surface area (Å²) >= 11 is 0. The van der Waals surface area contributed by atoms with E-state index in [4.69, 9.17) is 9.84 Å². The van der Waals surface area contributed by atoms with E-state index in [-0.39, 0.29) is 35.7 Å². The Kier molecular flexibility index (Phi) is 5.67. The van der Waals surface area contributed by atoms with Crippen molar-refractivity contribution in [3.8, 4) is 5.75 Å². The standard InChI is InChI=1S/C17H20F2N2O5/c18-17(19)26-14-3-1-2-12(4-14)16(24)21-6-11-5-20(8-15(22)23)7-13(21)10-25-9-11/h1-4,11,13,17H,5-10H2,(H,22,23)/t11-,13-/m0/s1. The molecule has 1 aromatic rings. The number of halogens is 2. The van der Waals surface area contributed by atoms with Crippen molar-refractivity contribution in [2.75, 3.05) is 39.4 Å². The predicted octanol–water partition coefficient (Wildman–Crippen LogP) is 1.15. The molecule has 0 unspecified atom stereocenters. The van der Waals surface area contributed by atoms with Gasteiger partial charge in [0.05, 0.1) is 25.8 Å². The Labute approximate surface area is 149 Å². The fourth-order valence-corrected chi connectivity index (χ4v) is 3.48. The van der Waals surface area contributed by atoms with E-state index in [9.17, 15) is 18.4 Å². The van der Waals surface area contributed by atoms with Gasteiger partial charge in [-0.1, -0.05) is 6.07 Å². The van der Waals surface area contributed by atoms with Gasteiger partial charge >= 0.3 is 12.6 Å². The minimum absolute atomic E-state index is 0.00806. The fourth-order valence-electron chi connectivity index (χ4n) is 3.48. The molecular formula is C17H20F2N2O5. The number of hydrogen-bond donors (Lipinski definition) is 1. The Morgan fingerprint density at radius 1 is 1.27 bits per heavy atom. The summed E-state index contributed by atoms with van der Waals surface area (Å²) < 4.78 is 34.8. The Morgan fingerprint density at radius 3 is 2.81 bits per heavy atom. The van der Waals surface area contributed by atoms with E-state index in [1.54, 1.807) is 11.0 Å². The molecule has 2 aliphatic heterocycles. The van der Waals surface area contributed by atoms with Gasteiger partial charge in [0.2, 0.25) is 0 Å². The molecule has 0 aliphatic carbocycles. The number of ether oxygens (including phenoxy) is 2. The first-order chi connectivity index (χ1) is 12.4. The number of carboxylic acid groups (broad SMARTS) is 1. The number of carbonyl (C=O) groups excluding carboxylic acids is 1. The average molecular weight is 370 g/mol. The molecule has 1 aromatic carbocycles. The average Bonchev–Trinajstić information content (AvgIpc) is 2.84. The van der Waals surface area contributed by atoms with E-state index >= 15 is 0 Å². The number of rotatable bonds is 5. The van der Waals surface area contributed by atoms with Crippen molar-refractivity contribution in [3.05, 3.63) is 29.8 Å². The molecular weight excluding hydrogens is 350 g/mol. The Hall–Kier alpha value is -2.26. The van der Waals surface area contributed by atoms with Crippen LogP contribution in [0.4, 0.5) is 8.78 Å². The van der Waals surface area contributed by atoms with Crippen molar-refractivity contribution in [2.24, 2.45) is 5.92 Å². The maximum Gasteiger partial charge on any atom is 0.387 e. The number of amides is 1. The van der Waals surface area contributed by atoms with Gasteiger partial charge in [-0.2, -0.15) is 8.78 Å². The van der Waals surface area contributed by atoms with Gasteiger partial charge in [-0.25, -0.2) is 0 Å². The summed E-state index contributed by atoms with van der Waals surface area (Å²) in [6.45, 7) is -0.943. The number of benzene rings is 1. The summed E-state index contributed by atoms with van der Waals surface area (Å²) in [5.74, 6) is -1.30. The van der Waals surface area contributed by atoms with Crippen LogP contribution < -0.4 is 4.74 Å². The zero-order valence-corrected chi connectivity index (χ0v) is 14.0. The molecule has 142 valence electrons. The molecule has 26 heavy (non-hydrogen) atoms. The minimum atomic E-state index is -2.96. The molecule has 1 N–H and O–H groups in total. The molecule has 0 aromatic heterocycles. The Bertz CT molecular complexity index is 672. The highest BCUT2D eigenvalue weighted by Crippen LogP contribution is 2.23. The Morgan fingerprint density at radius 2 is 2.08 bits per heavy atom. The molecule has 2 atom stereocenters. The van der Waals surface area contributed by atoms with Crippen LogP contribution in [0.1, 0.15) is 10.4 Å². The summed E-state index contributed by atoms with van der Waals surface area (Å²) in [5.41, 5.74) is 0.250. The van der Waals surface area contributed by atoms with E-state index < -0.39 is 12.6 Å². The van der Waals surface area contributed by atoms with E-state index in [2.05, 4.69) is 4.74 Å². The first kappa shape index (κ1) is 18.5. The van der Waals surface area contributed by atoms with Gasteiger partial charge in [0.1, 0.15) is 5.75 Å². The summed E-state index contributed by atoms with van der Waals surface area (Å²) in [7, 11) is 0. The van der Waals surface area contributed by atoms with Crippen LogP contribution in [-0.4, -0.2) is 78.8 Å². The van der Waals surface area contributed by atoms with Gasteiger partial charge in [-0.05, 0) is 18.2 Å². The van der Waals surface area contributed by atoms with E-state index in [0.717, 1.165) is 0 Å². The third-order valence-corrected chi connectivity index (χ3v) is 4.47. The van der Waals surface area contributed by atoms with Gasteiger partial charge < -0.3 is 19.5 Å². The zero-order chi connectivity index (χ0) is 18.7. The Balaban J connectivity index is 1.79. The van der Waals surface area contributed by atoms with Crippen LogP contribution in [0.5, 0.6) is 5.75 Å². The smallest absolute Gasteiger partial charge is 0.387 e. The van der Waals surface area contributed by atoms with E-state index in [0.29, 0.717) is 32.8 Å². The molecule has 9 heteroatoms. The summed E-state index contributed by atoms with van der Waals surface area (Å²) in [4.78, 5) is 27.5. The highest BCUT2D eigenvalue weighted by molar-refractivity contribution is 5.95. The number of alkyl halides is 2. The molecule has 7 nitrogen and oxygen atoms in total. The van der Waals surface area contributed by atoms with Crippen LogP contribution in [0.25, 0.3) is 0 Å². The first-order valence-corrected chi connectivity index (χ1v) is 8.30. The largest absolute Gasteiger partial charge is 0.480 e. The monoisotopic (exact) mass is 370 g/mol. The summed E-state index contributed by atoms with van der Waals surface area (Å²) in [5, 5.41) is 9.05. The third kappa shape index (κ3) is 4.47. The normalized spacial score (nSPS) is 23.6. The summed E-state index contributed by atoms with van der Waals surface area (Å²) in [6, 6.07) is 5.39. The van der Waals surface area contributed by atoms with Gasteiger partial charge in [0.15, 0.2) is 0 Å². The number of carboxylic acids is 1.